The number of alkyl halides is 3. The van der Waals surface area contributed by atoms with Crippen molar-refractivity contribution in [1.82, 2.24) is 0 Å². The van der Waals surface area contributed by atoms with E-state index in [0.29, 0.717) is 0 Å². The van der Waals surface area contributed by atoms with Gasteiger partial charge < -0.3 is 10.5 Å². The minimum Gasteiger partial charge on any atom is -0.462 e. The number of hydrogen-bond donors (Lipinski definition) is 1. The number of ether oxygens (including phenoxy) is 1. The van der Waals surface area contributed by atoms with Crippen molar-refractivity contribution < 1.29 is 22.7 Å². The van der Waals surface area contributed by atoms with Crippen LogP contribution in [-0.2, 0) is 10.9 Å². The maximum Gasteiger partial charge on any atom is 0.419 e. The molecule has 3 nitrogen and oxygen atoms in total. The van der Waals surface area contributed by atoms with Crippen molar-refractivity contribution in [3.8, 4) is 0 Å². The van der Waals surface area contributed by atoms with Crippen LogP contribution in [0.1, 0.15) is 22.8 Å². The number of hydrogen-bond acceptors (Lipinski definition) is 3. The van der Waals surface area contributed by atoms with Crippen LogP contribution in [0.15, 0.2) is 18.2 Å². The molecule has 0 aliphatic rings. The van der Waals surface area contributed by atoms with Crippen LogP contribution in [0.4, 0.5) is 18.9 Å². The molecule has 0 saturated heterocycles. The van der Waals surface area contributed by atoms with Gasteiger partial charge in [-0.25, -0.2) is 4.79 Å². The van der Waals surface area contributed by atoms with Gasteiger partial charge in [0.1, 0.15) is 0 Å². The molecular weight excluding hydrogens is 223 g/mol. The fraction of sp³-hybridized carbons (Fsp3) is 0.300. The van der Waals surface area contributed by atoms with E-state index in [2.05, 4.69) is 4.74 Å². The van der Waals surface area contributed by atoms with E-state index < -0.39 is 29.0 Å². The Morgan fingerprint density at radius 1 is 1.44 bits per heavy atom. The second-order valence-corrected chi connectivity index (χ2v) is 2.99. The third kappa shape index (κ3) is 2.44. The molecule has 0 atom stereocenters. The smallest absolute Gasteiger partial charge is 0.419 e. The Labute approximate surface area is 90.0 Å². The van der Waals surface area contributed by atoms with Gasteiger partial charge in [-0.05, 0) is 19.1 Å². The van der Waals surface area contributed by atoms with Crippen LogP contribution in [0.3, 0.4) is 0 Å². The van der Waals surface area contributed by atoms with E-state index >= 15 is 0 Å². The summed E-state index contributed by atoms with van der Waals surface area (Å²) in [5.74, 6) is -1.03. The zero-order valence-electron chi connectivity index (χ0n) is 8.47. The first-order valence-electron chi connectivity index (χ1n) is 4.50. The van der Waals surface area contributed by atoms with E-state index in [1.165, 1.54) is 13.0 Å². The fourth-order valence-corrected chi connectivity index (χ4v) is 1.27. The van der Waals surface area contributed by atoms with Crippen LogP contribution in [-0.4, -0.2) is 12.6 Å². The highest BCUT2D eigenvalue weighted by Crippen LogP contribution is 2.36. The molecule has 2 N–H and O–H groups in total. The highest BCUT2D eigenvalue weighted by Gasteiger charge is 2.37. The summed E-state index contributed by atoms with van der Waals surface area (Å²) in [6, 6.07) is 3.40. The van der Waals surface area contributed by atoms with Crippen molar-refractivity contribution in [2.24, 2.45) is 0 Å². The van der Waals surface area contributed by atoms with Gasteiger partial charge in [0.05, 0.1) is 17.7 Å². The van der Waals surface area contributed by atoms with Crippen LogP contribution in [0.5, 0.6) is 0 Å². The molecule has 0 unspecified atom stereocenters. The molecule has 0 aliphatic carbocycles. The maximum absolute atomic E-state index is 12.6. The van der Waals surface area contributed by atoms with Crippen LogP contribution < -0.4 is 5.73 Å². The van der Waals surface area contributed by atoms with Crippen molar-refractivity contribution >= 4 is 11.7 Å². The van der Waals surface area contributed by atoms with E-state index in [0.717, 1.165) is 12.1 Å². The molecule has 0 amide bonds. The lowest BCUT2D eigenvalue weighted by atomic mass is 10.1. The van der Waals surface area contributed by atoms with Crippen molar-refractivity contribution in [3.63, 3.8) is 0 Å². The minimum atomic E-state index is -4.67. The summed E-state index contributed by atoms with van der Waals surface area (Å²) >= 11 is 0. The molecule has 0 spiro atoms. The summed E-state index contributed by atoms with van der Waals surface area (Å²) in [5, 5.41) is 0. The molecule has 1 aromatic rings. The number of esters is 1. The third-order valence-corrected chi connectivity index (χ3v) is 1.88. The van der Waals surface area contributed by atoms with Crippen molar-refractivity contribution in [2.45, 2.75) is 13.1 Å². The van der Waals surface area contributed by atoms with Gasteiger partial charge in [0.25, 0.3) is 0 Å². The van der Waals surface area contributed by atoms with Gasteiger partial charge in [0, 0.05) is 5.69 Å². The molecule has 1 rings (SSSR count). The number of nitrogen functional groups attached to an aromatic ring is 1. The zero-order valence-corrected chi connectivity index (χ0v) is 8.47. The van der Waals surface area contributed by atoms with Crippen LogP contribution in [0.25, 0.3) is 0 Å². The number of benzene rings is 1. The molecule has 0 radical (unpaired) electrons. The molecule has 88 valence electrons. The molecule has 0 aromatic heterocycles. The van der Waals surface area contributed by atoms with Gasteiger partial charge in [0.15, 0.2) is 0 Å². The molecule has 1 aromatic carbocycles. The predicted octanol–water partition coefficient (Wildman–Crippen LogP) is 2.46. The van der Waals surface area contributed by atoms with E-state index in [1.807, 2.05) is 0 Å². The number of halogens is 3. The molecule has 6 heteroatoms. The summed E-state index contributed by atoms with van der Waals surface area (Å²) < 4.78 is 42.4. The number of anilines is 1. The molecule has 0 heterocycles. The summed E-state index contributed by atoms with van der Waals surface area (Å²) in [5.41, 5.74) is 3.02. The number of carbonyl (C=O) groups is 1. The summed E-state index contributed by atoms with van der Waals surface area (Å²) in [6.07, 6.45) is -4.67. The molecule has 0 bridgehead atoms. The van der Waals surface area contributed by atoms with E-state index in [4.69, 9.17) is 5.73 Å². The third-order valence-electron chi connectivity index (χ3n) is 1.88. The number of carbonyl (C=O) groups excluding carboxylic acids is 1. The lowest BCUT2D eigenvalue weighted by molar-refractivity contribution is -0.137. The number of rotatable bonds is 2. The SMILES string of the molecule is CCOC(=O)c1cccc(N)c1C(F)(F)F. The van der Waals surface area contributed by atoms with Crippen molar-refractivity contribution in [1.29, 1.82) is 0 Å². The Hall–Kier alpha value is -1.72. The Bertz CT molecular complexity index is 402. The Morgan fingerprint density at radius 3 is 2.56 bits per heavy atom. The largest absolute Gasteiger partial charge is 0.462 e. The summed E-state index contributed by atoms with van der Waals surface area (Å²) in [4.78, 5) is 11.3. The molecule has 16 heavy (non-hydrogen) atoms. The van der Waals surface area contributed by atoms with Crippen molar-refractivity contribution in [2.75, 3.05) is 12.3 Å². The monoisotopic (exact) mass is 233 g/mol. The summed E-state index contributed by atoms with van der Waals surface area (Å²) in [6.45, 7) is 1.52. The summed E-state index contributed by atoms with van der Waals surface area (Å²) in [7, 11) is 0. The molecule has 0 fully saturated rings. The lowest BCUT2D eigenvalue weighted by Crippen LogP contribution is -2.17. The van der Waals surface area contributed by atoms with Gasteiger partial charge in [-0.3, -0.25) is 0 Å². The van der Waals surface area contributed by atoms with E-state index in [9.17, 15) is 18.0 Å². The normalized spacial score (nSPS) is 11.2. The quantitative estimate of drug-likeness (QED) is 0.630. The standard InChI is InChI=1S/C10H10F3NO2/c1-2-16-9(15)6-4-3-5-7(14)8(6)10(11,12)13/h3-5H,2,14H2,1H3. The highest BCUT2D eigenvalue weighted by molar-refractivity contribution is 5.93. The van der Waals surface area contributed by atoms with Gasteiger partial charge in [-0.15, -0.1) is 0 Å². The van der Waals surface area contributed by atoms with Crippen LogP contribution in [0.2, 0.25) is 0 Å². The second-order valence-electron chi connectivity index (χ2n) is 2.99. The molecule has 0 aliphatic heterocycles. The Morgan fingerprint density at radius 2 is 2.06 bits per heavy atom. The minimum absolute atomic E-state index is 0.00489. The first kappa shape index (κ1) is 12.4. The van der Waals surface area contributed by atoms with Crippen LogP contribution in [0, 0.1) is 0 Å². The molecule has 0 saturated carbocycles. The first-order chi connectivity index (χ1) is 7.38. The average molecular weight is 233 g/mol. The highest BCUT2D eigenvalue weighted by atomic mass is 19.4. The van der Waals surface area contributed by atoms with E-state index in [-0.39, 0.29) is 6.61 Å². The first-order valence-corrected chi connectivity index (χ1v) is 4.50. The molecular formula is C10H10F3NO2. The van der Waals surface area contributed by atoms with Gasteiger partial charge in [-0.1, -0.05) is 6.07 Å². The fourth-order valence-electron chi connectivity index (χ4n) is 1.27. The topological polar surface area (TPSA) is 52.3 Å². The zero-order chi connectivity index (χ0) is 12.3. The predicted molar refractivity (Wildman–Crippen MR) is 51.8 cm³/mol. The Kier molecular flexibility index (Phi) is 3.41. The average Bonchev–Trinajstić information content (AvgIpc) is 2.15. The van der Waals surface area contributed by atoms with Gasteiger partial charge >= 0.3 is 12.1 Å². The maximum atomic E-state index is 12.6. The van der Waals surface area contributed by atoms with Gasteiger partial charge in [0.2, 0.25) is 0 Å². The second kappa shape index (κ2) is 4.42. The number of nitrogens with two attached hydrogens (primary N) is 1. The van der Waals surface area contributed by atoms with E-state index in [1.54, 1.807) is 0 Å². The van der Waals surface area contributed by atoms with Crippen LogP contribution >= 0.6 is 0 Å². The van der Waals surface area contributed by atoms with Gasteiger partial charge in [-0.2, -0.15) is 13.2 Å². The Balaban J connectivity index is 3.29. The van der Waals surface area contributed by atoms with Crippen molar-refractivity contribution in [3.05, 3.63) is 29.3 Å². The lowest BCUT2D eigenvalue weighted by Gasteiger charge is -2.13.